The minimum Gasteiger partial charge on any atom is -0.442 e. The van der Waals surface area contributed by atoms with Gasteiger partial charge in [0.05, 0.1) is 13.1 Å². The zero-order chi connectivity index (χ0) is 16.7. The van der Waals surface area contributed by atoms with Crippen LogP contribution >= 0.6 is 0 Å². The van der Waals surface area contributed by atoms with Gasteiger partial charge in [0.15, 0.2) is 0 Å². The van der Waals surface area contributed by atoms with Gasteiger partial charge >= 0.3 is 27.2 Å². The van der Waals surface area contributed by atoms with Crippen LogP contribution in [0.1, 0.15) is 24.5 Å². The summed E-state index contributed by atoms with van der Waals surface area (Å²) in [6, 6.07) is 5.41. The Kier molecular flexibility index (Phi) is 18.1. The predicted octanol–water partition coefficient (Wildman–Crippen LogP) is 2.55. The molecule has 1 saturated heterocycles. The van der Waals surface area contributed by atoms with Crippen molar-refractivity contribution in [2.24, 2.45) is 0 Å². The van der Waals surface area contributed by atoms with Crippen LogP contribution in [0.15, 0.2) is 18.2 Å². The Bertz CT molecular complexity index is 547. The normalized spacial score (nSPS) is 14.6. The molecule has 1 aromatic carbocycles. The molecule has 134 valence electrons. The maximum absolute atomic E-state index is 11.8. The summed E-state index contributed by atoms with van der Waals surface area (Å²) in [6.45, 7) is 16.6. The third-order valence-electron chi connectivity index (χ3n) is 2.95. The molecule has 2 rings (SSSR count). The Morgan fingerprint density at radius 2 is 1.88 bits per heavy atom. The topological polar surface area (TPSA) is 58.6 Å². The molecule has 1 aromatic rings. The van der Waals surface area contributed by atoms with Crippen molar-refractivity contribution in [3.05, 3.63) is 57.0 Å². The van der Waals surface area contributed by atoms with E-state index in [1.54, 1.807) is 12.1 Å². The average molecular weight is 626 g/mol. The Hall–Kier alpha value is 0.0766. The second kappa shape index (κ2) is 15.2. The molecule has 1 fully saturated rings. The second-order valence-electron chi connectivity index (χ2n) is 4.86. The van der Waals surface area contributed by atoms with Crippen LogP contribution in [-0.2, 0) is 81.9 Å². The zero-order valence-electron chi connectivity index (χ0n) is 14.4. The van der Waals surface area contributed by atoms with E-state index in [2.05, 4.69) is 33.0 Å². The molecule has 0 saturated carbocycles. The number of hydrogen-bond donors (Lipinski definition) is 1. The molecule has 2 radical (unpaired) electrons. The molecule has 1 atom stereocenters. The van der Waals surface area contributed by atoms with Crippen LogP contribution in [-0.4, -0.2) is 31.2 Å². The fourth-order valence-corrected chi connectivity index (χ4v) is 1.88. The third kappa shape index (κ3) is 10.1. The minimum absolute atomic E-state index is 0. The van der Waals surface area contributed by atoms with Gasteiger partial charge in [0.2, 0.25) is 5.91 Å². The first-order valence-corrected chi connectivity index (χ1v) is 6.98. The Balaban J connectivity index is -0.000000753. The summed E-state index contributed by atoms with van der Waals surface area (Å²) in [7, 11) is 0. The van der Waals surface area contributed by atoms with E-state index >= 15 is 0 Å². The van der Waals surface area contributed by atoms with Gasteiger partial charge in [-0.15, -0.1) is 6.07 Å². The van der Waals surface area contributed by atoms with Gasteiger partial charge in [-0.1, -0.05) is 0 Å². The van der Waals surface area contributed by atoms with E-state index in [0.29, 0.717) is 13.1 Å². The number of hydrogen-bond acceptors (Lipinski definition) is 3. The van der Waals surface area contributed by atoms with Crippen molar-refractivity contribution in [3.63, 3.8) is 0 Å². The number of ether oxygens (including phenoxy) is 1. The number of cyclic esters (lactones) is 1. The Morgan fingerprint density at radius 3 is 2.36 bits per heavy atom. The number of nitrogens with zero attached hydrogens (tertiary/aromatic N) is 1. The summed E-state index contributed by atoms with van der Waals surface area (Å²) in [4.78, 5) is 24.1. The smallest absolute Gasteiger partial charge is 0.442 e. The summed E-state index contributed by atoms with van der Waals surface area (Å²) in [5.41, 5.74) is 2.33. The first-order chi connectivity index (χ1) is 10.4. The Morgan fingerprint density at radius 1 is 1.32 bits per heavy atom. The molecule has 1 aliphatic rings. The fraction of sp³-hybridized carbons (Fsp3) is 0.294. The first kappa shape index (κ1) is 29.8. The van der Waals surface area contributed by atoms with Crippen LogP contribution in [0.2, 0.25) is 0 Å². The van der Waals surface area contributed by atoms with Gasteiger partial charge in [-0.2, -0.15) is 6.07 Å². The molecule has 1 heterocycles. The molecular weight excluding hydrogens is 604 g/mol. The predicted molar refractivity (Wildman–Crippen MR) is 87.0 cm³/mol. The van der Waals surface area contributed by atoms with Crippen molar-refractivity contribution < 1.29 is 86.7 Å². The van der Waals surface area contributed by atoms with E-state index in [1.165, 1.54) is 11.8 Å². The Labute approximate surface area is 202 Å². The molecule has 0 aliphatic carbocycles. The number of anilines is 1. The van der Waals surface area contributed by atoms with E-state index in [-0.39, 0.29) is 84.3 Å². The number of carbonyl (C=O) groups excluding carboxylic acids is 2. The zero-order valence-corrected chi connectivity index (χ0v) is 21.5. The fourth-order valence-electron chi connectivity index (χ4n) is 1.88. The molecule has 0 unspecified atom stereocenters. The van der Waals surface area contributed by atoms with E-state index in [9.17, 15) is 9.59 Å². The van der Waals surface area contributed by atoms with Crippen molar-refractivity contribution in [1.29, 1.82) is 0 Å². The van der Waals surface area contributed by atoms with Gasteiger partial charge in [-0.25, -0.2) is 10.9 Å². The van der Waals surface area contributed by atoms with Crippen LogP contribution in [0.3, 0.4) is 0 Å². The van der Waals surface area contributed by atoms with E-state index in [1.807, 2.05) is 6.07 Å². The summed E-state index contributed by atoms with van der Waals surface area (Å²) < 4.78 is 5.19. The van der Waals surface area contributed by atoms with Crippen molar-refractivity contribution in [3.8, 4) is 0 Å². The van der Waals surface area contributed by atoms with Crippen molar-refractivity contribution in [2.75, 3.05) is 18.0 Å². The SMILES string of the molecule is [CH2-]C[CH2-].[CH2-]c1ccc(N2C[C@H](CNC(C)=O)OC2=O)cc1[CH2-].[V].[W+2].[Y]. The van der Waals surface area contributed by atoms with Crippen molar-refractivity contribution in [2.45, 2.75) is 19.4 Å². The standard InChI is InChI=1S/C14H16N2O3.C3H6.V.W.Y/c1-9-4-5-12(6-10(9)2)16-8-13(19-14(16)18)7-15-11(3)17;1-3-2;;;/h4-6,13H,1-2,7-8H2,3H3,(H,15,17);1-3H2;;;/q2*-2;;+2;/t13-;;;;/m0..../s1. The van der Waals surface area contributed by atoms with Gasteiger partial charge in [0.1, 0.15) is 6.10 Å². The van der Waals surface area contributed by atoms with Crippen LogP contribution in [0.4, 0.5) is 10.5 Å². The van der Waals surface area contributed by atoms with Gasteiger partial charge in [-0.05, 0) is 5.69 Å². The summed E-state index contributed by atoms with van der Waals surface area (Å²) >= 11 is 0. The van der Waals surface area contributed by atoms with Crippen LogP contribution in [0, 0.1) is 27.7 Å². The summed E-state index contributed by atoms with van der Waals surface area (Å²) in [5.74, 6) is -0.143. The number of benzene rings is 1. The molecule has 0 aromatic heterocycles. The van der Waals surface area contributed by atoms with Crippen LogP contribution in [0.25, 0.3) is 0 Å². The number of carbonyl (C=O) groups is 2. The van der Waals surface area contributed by atoms with E-state index < -0.39 is 6.09 Å². The van der Waals surface area contributed by atoms with Gasteiger partial charge in [0.25, 0.3) is 0 Å². The summed E-state index contributed by atoms with van der Waals surface area (Å²) in [6.07, 6.45) is 0.00987. The third-order valence-corrected chi connectivity index (χ3v) is 2.95. The molecular formula is C17H22N2O3VWY-2. The number of rotatable bonds is 3. The second-order valence-corrected chi connectivity index (χ2v) is 4.86. The molecule has 0 spiro atoms. The van der Waals surface area contributed by atoms with Crippen LogP contribution in [0.5, 0.6) is 0 Å². The minimum atomic E-state index is -0.411. The number of nitrogens with one attached hydrogen (secondary N) is 1. The largest absolute Gasteiger partial charge is 2.00 e. The quantitative estimate of drug-likeness (QED) is 0.526. The van der Waals surface area contributed by atoms with Crippen LogP contribution < -0.4 is 10.2 Å². The monoisotopic (exact) mass is 626 g/mol. The maximum Gasteiger partial charge on any atom is 2.00 e. The molecule has 25 heavy (non-hydrogen) atoms. The number of amides is 2. The van der Waals surface area contributed by atoms with Crippen molar-refractivity contribution in [1.82, 2.24) is 5.32 Å². The molecule has 1 aliphatic heterocycles. The molecule has 1 N–H and O–H groups in total. The molecule has 8 heteroatoms. The first-order valence-electron chi connectivity index (χ1n) is 6.98. The van der Waals surface area contributed by atoms with E-state index in [4.69, 9.17) is 4.74 Å². The van der Waals surface area contributed by atoms with Gasteiger partial charge < -0.3 is 30.3 Å². The average Bonchev–Trinajstić information content (AvgIpc) is 2.82. The van der Waals surface area contributed by atoms with Gasteiger partial charge in [0, 0.05) is 58.2 Å². The summed E-state index contributed by atoms with van der Waals surface area (Å²) in [5, 5.41) is 2.64. The van der Waals surface area contributed by atoms with E-state index in [0.717, 1.165) is 23.2 Å². The molecule has 5 nitrogen and oxygen atoms in total. The molecule has 0 bridgehead atoms. The van der Waals surface area contributed by atoms with Gasteiger partial charge in [-0.3, -0.25) is 34.7 Å². The van der Waals surface area contributed by atoms with Crippen molar-refractivity contribution >= 4 is 17.7 Å². The molecule has 2 amide bonds. The maximum atomic E-state index is 11.8.